The van der Waals surface area contributed by atoms with Crippen LogP contribution in [-0.2, 0) is 13.0 Å². The van der Waals surface area contributed by atoms with Crippen molar-refractivity contribution >= 4 is 22.6 Å². The van der Waals surface area contributed by atoms with Crippen LogP contribution in [0.15, 0.2) is 42.5 Å². The van der Waals surface area contributed by atoms with Crippen molar-refractivity contribution in [3.8, 4) is 0 Å². The molecule has 0 amide bonds. The van der Waals surface area contributed by atoms with Crippen molar-refractivity contribution < 1.29 is 8.78 Å². The SMILES string of the molecule is Fc1ccc2nc(CCCl)n(Cc3ccccc3F)c2c1. The molecule has 0 radical (unpaired) electrons. The molecule has 2 nitrogen and oxygen atoms in total. The lowest BCUT2D eigenvalue weighted by Crippen LogP contribution is -2.07. The van der Waals surface area contributed by atoms with Crippen molar-refractivity contribution in [2.75, 3.05) is 5.88 Å². The Kier molecular flexibility index (Phi) is 3.88. The first-order chi connectivity index (χ1) is 10.2. The van der Waals surface area contributed by atoms with E-state index in [1.807, 2.05) is 4.57 Å². The van der Waals surface area contributed by atoms with E-state index in [1.165, 1.54) is 18.2 Å². The van der Waals surface area contributed by atoms with Gasteiger partial charge in [-0.2, -0.15) is 0 Å². The van der Waals surface area contributed by atoms with Crippen LogP contribution in [0.3, 0.4) is 0 Å². The van der Waals surface area contributed by atoms with Crippen molar-refractivity contribution in [2.45, 2.75) is 13.0 Å². The maximum absolute atomic E-state index is 13.8. The van der Waals surface area contributed by atoms with E-state index in [4.69, 9.17) is 11.6 Å². The van der Waals surface area contributed by atoms with Gasteiger partial charge in [0, 0.05) is 17.9 Å². The third kappa shape index (κ3) is 2.76. The molecule has 0 atom stereocenters. The maximum atomic E-state index is 13.8. The summed E-state index contributed by atoms with van der Waals surface area (Å²) in [7, 11) is 0. The number of nitrogens with zero attached hydrogens (tertiary/aromatic N) is 2. The number of aryl methyl sites for hydroxylation is 1. The van der Waals surface area contributed by atoms with Gasteiger partial charge in [-0.05, 0) is 24.3 Å². The van der Waals surface area contributed by atoms with Crippen LogP contribution in [-0.4, -0.2) is 15.4 Å². The van der Waals surface area contributed by atoms with Gasteiger partial charge in [-0.3, -0.25) is 0 Å². The molecule has 5 heteroatoms. The van der Waals surface area contributed by atoms with Crippen molar-refractivity contribution in [3.05, 3.63) is 65.5 Å². The molecule has 0 aliphatic carbocycles. The molecule has 0 spiro atoms. The van der Waals surface area contributed by atoms with Crippen LogP contribution in [0.2, 0.25) is 0 Å². The van der Waals surface area contributed by atoms with Crippen LogP contribution < -0.4 is 0 Å². The van der Waals surface area contributed by atoms with Gasteiger partial charge in [-0.1, -0.05) is 18.2 Å². The Morgan fingerprint density at radius 3 is 2.67 bits per heavy atom. The van der Waals surface area contributed by atoms with Gasteiger partial charge in [-0.15, -0.1) is 11.6 Å². The summed E-state index contributed by atoms with van der Waals surface area (Å²) in [4.78, 5) is 4.46. The molecular formula is C16H13ClF2N2. The molecule has 0 N–H and O–H groups in total. The highest BCUT2D eigenvalue weighted by molar-refractivity contribution is 6.17. The topological polar surface area (TPSA) is 17.8 Å². The number of halogens is 3. The summed E-state index contributed by atoms with van der Waals surface area (Å²) in [5.41, 5.74) is 1.88. The average molecular weight is 307 g/mol. The van der Waals surface area contributed by atoms with Crippen molar-refractivity contribution in [1.82, 2.24) is 9.55 Å². The summed E-state index contributed by atoms with van der Waals surface area (Å²) < 4.78 is 29.2. The lowest BCUT2D eigenvalue weighted by atomic mass is 10.2. The molecule has 2 aromatic carbocycles. The number of rotatable bonds is 4. The second-order valence-corrected chi connectivity index (χ2v) is 5.16. The fourth-order valence-corrected chi connectivity index (χ4v) is 2.56. The largest absolute Gasteiger partial charge is 0.323 e. The second-order valence-electron chi connectivity index (χ2n) is 4.78. The molecule has 3 rings (SSSR count). The Morgan fingerprint density at radius 1 is 1.10 bits per heavy atom. The first-order valence-electron chi connectivity index (χ1n) is 6.63. The van der Waals surface area contributed by atoms with E-state index in [0.29, 0.717) is 35.4 Å². The number of aromatic nitrogens is 2. The number of hydrogen-bond acceptors (Lipinski definition) is 1. The zero-order valence-electron chi connectivity index (χ0n) is 11.2. The zero-order valence-corrected chi connectivity index (χ0v) is 11.9. The molecule has 0 saturated carbocycles. The van der Waals surface area contributed by atoms with E-state index < -0.39 is 0 Å². The summed E-state index contributed by atoms with van der Waals surface area (Å²) in [6.45, 7) is 0.304. The van der Waals surface area contributed by atoms with Gasteiger partial charge in [0.25, 0.3) is 0 Å². The Bertz CT molecular complexity index is 783. The van der Waals surface area contributed by atoms with Gasteiger partial charge in [-0.25, -0.2) is 13.8 Å². The predicted octanol–water partition coefficient (Wildman–Crippen LogP) is 4.14. The molecule has 0 bridgehead atoms. The standard InChI is InChI=1S/C16H13ClF2N2/c17-8-7-16-20-14-6-5-12(18)9-15(14)21(16)10-11-3-1-2-4-13(11)19/h1-6,9H,7-8,10H2. The van der Waals surface area contributed by atoms with Crippen LogP contribution in [0.25, 0.3) is 11.0 Å². The molecule has 0 unspecified atom stereocenters. The lowest BCUT2D eigenvalue weighted by molar-refractivity contribution is 0.597. The smallest absolute Gasteiger partial charge is 0.128 e. The van der Waals surface area contributed by atoms with Gasteiger partial charge in [0.05, 0.1) is 17.6 Å². The number of hydrogen-bond donors (Lipinski definition) is 0. The average Bonchev–Trinajstić information content (AvgIpc) is 2.79. The van der Waals surface area contributed by atoms with Gasteiger partial charge in [0.1, 0.15) is 17.5 Å². The Labute approximate surface area is 126 Å². The fourth-order valence-electron chi connectivity index (χ4n) is 2.39. The summed E-state index contributed by atoms with van der Waals surface area (Å²) >= 11 is 5.80. The van der Waals surface area contributed by atoms with E-state index in [0.717, 1.165) is 5.82 Å². The Balaban J connectivity index is 2.12. The summed E-state index contributed by atoms with van der Waals surface area (Å²) in [6.07, 6.45) is 0.548. The van der Waals surface area contributed by atoms with Crippen LogP contribution in [0.4, 0.5) is 8.78 Å². The molecule has 0 fully saturated rings. The second kappa shape index (κ2) is 5.82. The van der Waals surface area contributed by atoms with Crippen LogP contribution in [0.1, 0.15) is 11.4 Å². The number of alkyl halides is 1. The molecule has 3 aromatic rings. The third-order valence-corrected chi connectivity index (χ3v) is 3.58. The number of fused-ring (bicyclic) bond motifs is 1. The van der Waals surface area contributed by atoms with Gasteiger partial charge < -0.3 is 4.57 Å². The zero-order chi connectivity index (χ0) is 14.8. The minimum absolute atomic E-state index is 0.285. The van der Waals surface area contributed by atoms with Crippen LogP contribution in [0.5, 0.6) is 0 Å². The van der Waals surface area contributed by atoms with E-state index in [-0.39, 0.29) is 11.6 Å². The van der Waals surface area contributed by atoms with E-state index in [2.05, 4.69) is 4.98 Å². The lowest BCUT2D eigenvalue weighted by Gasteiger charge is -2.09. The monoisotopic (exact) mass is 306 g/mol. The normalized spacial score (nSPS) is 11.2. The first kappa shape index (κ1) is 14.0. The highest BCUT2D eigenvalue weighted by atomic mass is 35.5. The predicted molar refractivity (Wildman–Crippen MR) is 79.6 cm³/mol. The van der Waals surface area contributed by atoms with Crippen molar-refractivity contribution in [2.24, 2.45) is 0 Å². The van der Waals surface area contributed by atoms with Gasteiger partial charge >= 0.3 is 0 Å². The van der Waals surface area contributed by atoms with Crippen molar-refractivity contribution in [1.29, 1.82) is 0 Å². The molecule has 1 heterocycles. The van der Waals surface area contributed by atoms with Crippen molar-refractivity contribution in [3.63, 3.8) is 0 Å². The number of benzene rings is 2. The van der Waals surface area contributed by atoms with Crippen LogP contribution in [0, 0.1) is 11.6 Å². The van der Waals surface area contributed by atoms with E-state index in [1.54, 1.807) is 24.3 Å². The molecular weight excluding hydrogens is 294 g/mol. The minimum atomic E-state index is -0.338. The Morgan fingerprint density at radius 2 is 1.90 bits per heavy atom. The first-order valence-corrected chi connectivity index (χ1v) is 7.16. The third-order valence-electron chi connectivity index (χ3n) is 3.39. The molecule has 1 aromatic heterocycles. The molecule has 21 heavy (non-hydrogen) atoms. The minimum Gasteiger partial charge on any atom is -0.323 e. The molecule has 108 valence electrons. The van der Waals surface area contributed by atoms with Crippen LogP contribution >= 0.6 is 11.6 Å². The summed E-state index contributed by atoms with van der Waals surface area (Å²) in [5, 5.41) is 0. The molecule has 0 aliphatic heterocycles. The van der Waals surface area contributed by atoms with Gasteiger partial charge in [0.2, 0.25) is 0 Å². The van der Waals surface area contributed by atoms with E-state index >= 15 is 0 Å². The Hall–Kier alpha value is -1.94. The molecule has 0 saturated heterocycles. The highest BCUT2D eigenvalue weighted by Gasteiger charge is 2.13. The quantitative estimate of drug-likeness (QED) is 0.662. The highest BCUT2D eigenvalue weighted by Crippen LogP contribution is 2.21. The summed E-state index contributed by atoms with van der Waals surface area (Å²) in [5.74, 6) is 0.513. The fraction of sp³-hybridized carbons (Fsp3) is 0.188. The van der Waals surface area contributed by atoms with Gasteiger partial charge in [0.15, 0.2) is 0 Å². The maximum Gasteiger partial charge on any atom is 0.128 e. The van der Waals surface area contributed by atoms with E-state index in [9.17, 15) is 8.78 Å². The summed E-state index contributed by atoms with van der Waals surface area (Å²) in [6, 6.07) is 11.0. The molecule has 0 aliphatic rings. The number of imidazole rings is 1.